The summed E-state index contributed by atoms with van der Waals surface area (Å²) in [6.45, 7) is 1.62. The summed E-state index contributed by atoms with van der Waals surface area (Å²) in [5.41, 5.74) is 0.663. The van der Waals surface area contributed by atoms with Gasteiger partial charge in [0.1, 0.15) is 12.7 Å². The summed E-state index contributed by atoms with van der Waals surface area (Å²) in [4.78, 5) is 18.7. The number of hydrogen-bond acceptors (Lipinski definition) is 4. The van der Waals surface area contributed by atoms with Crippen LogP contribution >= 0.6 is 0 Å². The number of aliphatic carboxylic acids is 1. The van der Waals surface area contributed by atoms with Gasteiger partial charge in [0.25, 0.3) is 0 Å². The smallest absolute Gasteiger partial charge is 0.310 e. The number of pyridine rings is 1. The van der Waals surface area contributed by atoms with E-state index in [1.807, 2.05) is 0 Å². The van der Waals surface area contributed by atoms with E-state index in [1.165, 1.54) is 23.5 Å². The van der Waals surface area contributed by atoms with Crippen LogP contribution in [0.1, 0.15) is 18.4 Å². The minimum absolute atomic E-state index is 0.558. The zero-order valence-corrected chi connectivity index (χ0v) is 8.61. The van der Waals surface area contributed by atoms with Crippen molar-refractivity contribution in [3.05, 3.63) is 36.5 Å². The second-order valence-corrected chi connectivity index (χ2v) is 3.35. The van der Waals surface area contributed by atoms with Crippen LogP contribution in [-0.4, -0.2) is 30.8 Å². The summed E-state index contributed by atoms with van der Waals surface area (Å²) in [5.74, 6) is -0.813. The van der Waals surface area contributed by atoms with Crippen LogP contribution in [0.25, 0.3) is 5.82 Å². The van der Waals surface area contributed by atoms with E-state index < -0.39 is 11.9 Å². The molecule has 82 valence electrons. The second-order valence-electron chi connectivity index (χ2n) is 3.35. The van der Waals surface area contributed by atoms with E-state index in [0.717, 1.165) is 0 Å². The van der Waals surface area contributed by atoms with Crippen molar-refractivity contribution in [2.75, 3.05) is 0 Å². The maximum absolute atomic E-state index is 10.8. The first-order valence-electron chi connectivity index (χ1n) is 4.72. The average Bonchev–Trinajstić information content (AvgIpc) is 2.81. The first kappa shape index (κ1) is 10.3. The molecule has 0 bridgehead atoms. The van der Waals surface area contributed by atoms with Gasteiger partial charge >= 0.3 is 5.97 Å². The zero-order valence-electron chi connectivity index (χ0n) is 8.61. The van der Waals surface area contributed by atoms with Gasteiger partial charge in [-0.3, -0.25) is 4.79 Å². The van der Waals surface area contributed by atoms with Crippen LogP contribution in [0, 0.1) is 0 Å². The van der Waals surface area contributed by atoms with Gasteiger partial charge in [-0.25, -0.2) is 14.6 Å². The standard InChI is InChI=1S/C10H10N4O2/c1-7(10(15)16)8-2-3-9(12-4-8)14-6-11-5-13-14/h2-7H,1H3,(H,15,16). The maximum atomic E-state index is 10.8. The Hall–Kier alpha value is -2.24. The summed E-state index contributed by atoms with van der Waals surface area (Å²) < 4.78 is 1.51. The van der Waals surface area contributed by atoms with Gasteiger partial charge in [0.2, 0.25) is 0 Å². The first-order chi connectivity index (χ1) is 7.68. The van der Waals surface area contributed by atoms with Crippen molar-refractivity contribution in [3.8, 4) is 5.82 Å². The number of carboxylic acids is 1. The minimum Gasteiger partial charge on any atom is -0.481 e. The van der Waals surface area contributed by atoms with Crippen LogP contribution < -0.4 is 0 Å². The van der Waals surface area contributed by atoms with Crippen LogP contribution in [0.4, 0.5) is 0 Å². The van der Waals surface area contributed by atoms with Gasteiger partial charge in [0, 0.05) is 6.20 Å². The normalized spacial score (nSPS) is 12.3. The molecule has 6 nitrogen and oxygen atoms in total. The van der Waals surface area contributed by atoms with Gasteiger partial charge in [-0.2, -0.15) is 5.10 Å². The highest BCUT2D eigenvalue weighted by atomic mass is 16.4. The van der Waals surface area contributed by atoms with E-state index >= 15 is 0 Å². The second kappa shape index (κ2) is 4.09. The Morgan fingerprint density at radius 1 is 1.50 bits per heavy atom. The molecule has 0 aliphatic rings. The molecule has 1 N–H and O–H groups in total. The number of hydrogen-bond donors (Lipinski definition) is 1. The summed E-state index contributed by atoms with van der Waals surface area (Å²) in [6, 6.07) is 3.44. The lowest BCUT2D eigenvalue weighted by Crippen LogP contribution is -2.08. The van der Waals surface area contributed by atoms with E-state index in [9.17, 15) is 4.79 Å². The van der Waals surface area contributed by atoms with Crippen LogP contribution in [0.5, 0.6) is 0 Å². The third-order valence-corrected chi connectivity index (χ3v) is 2.29. The number of aromatic nitrogens is 4. The van der Waals surface area contributed by atoms with Crippen molar-refractivity contribution in [2.45, 2.75) is 12.8 Å². The third kappa shape index (κ3) is 1.90. The Morgan fingerprint density at radius 3 is 2.81 bits per heavy atom. The zero-order chi connectivity index (χ0) is 11.5. The minimum atomic E-state index is -0.865. The molecule has 2 aromatic rings. The number of carboxylic acid groups (broad SMARTS) is 1. The van der Waals surface area contributed by atoms with Gasteiger partial charge < -0.3 is 5.11 Å². The quantitative estimate of drug-likeness (QED) is 0.825. The molecule has 1 atom stereocenters. The van der Waals surface area contributed by atoms with Gasteiger partial charge in [-0.15, -0.1) is 0 Å². The molecule has 0 saturated carbocycles. The molecule has 0 radical (unpaired) electrons. The van der Waals surface area contributed by atoms with Crippen LogP contribution in [0.15, 0.2) is 31.0 Å². The van der Waals surface area contributed by atoms with Crippen molar-refractivity contribution < 1.29 is 9.90 Å². The molecule has 6 heteroatoms. The van der Waals surface area contributed by atoms with Gasteiger partial charge in [0.15, 0.2) is 5.82 Å². The molecule has 0 aromatic carbocycles. The van der Waals surface area contributed by atoms with E-state index in [4.69, 9.17) is 5.11 Å². The predicted octanol–water partition coefficient (Wildman–Crippen LogP) is 0.850. The molecule has 2 rings (SSSR count). The van der Waals surface area contributed by atoms with E-state index in [-0.39, 0.29) is 0 Å². The van der Waals surface area contributed by atoms with Crippen LogP contribution in [0.2, 0.25) is 0 Å². The molecule has 16 heavy (non-hydrogen) atoms. The third-order valence-electron chi connectivity index (χ3n) is 2.29. The molecule has 1 unspecified atom stereocenters. The highest BCUT2D eigenvalue weighted by Crippen LogP contribution is 2.15. The number of nitrogens with zero attached hydrogens (tertiary/aromatic N) is 4. The Balaban J connectivity index is 2.26. The van der Waals surface area contributed by atoms with Gasteiger partial charge in [-0.1, -0.05) is 6.07 Å². The molecule has 0 amide bonds. The lowest BCUT2D eigenvalue weighted by Gasteiger charge is -2.06. The van der Waals surface area contributed by atoms with Crippen molar-refractivity contribution >= 4 is 5.97 Å². The maximum Gasteiger partial charge on any atom is 0.310 e. The number of carbonyl (C=O) groups is 1. The Labute approximate surface area is 91.6 Å². The van der Waals surface area contributed by atoms with Crippen LogP contribution in [-0.2, 0) is 4.79 Å². The topological polar surface area (TPSA) is 80.9 Å². The van der Waals surface area contributed by atoms with Crippen molar-refractivity contribution in [2.24, 2.45) is 0 Å². The largest absolute Gasteiger partial charge is 0.481 e. The van der Waals surface area contributed by atoms with Gasteiger partial charge in [0.05, 0.1) is 5.92 Å². The number of rotatable bonds is 3. The molecule has 2 aromatic heterocycles. The molecule has 0 aliphatic carbocycles. The van der Waals surface area contributed by atoms with Gasteiger partial charge in [-0.05, 0) is 18.6 Å². The summed E-state index contributed by atoms with van der Waals surface area (Å²) >= 11 is 0. The van der Waals surface area contributed by atoms with E-state index in [2.05, 4.69) is 15.1 Å². The van der Waals surface area contributed by atoms with Crippen molar-refractivity contribution in [1.82, 2.24) is 19.7 Å². The highest BCUT2D eigenvalue weighted by Gasteiger charge is 2.13. The monoisotopic (exact) mass is 218 g/mol. The molecular formula is C10H10N4O2. The van der Waals surface area contributed by atoms with E-state index in [1.54, 1.807) is 19.1 Å². The Morgan fingerprint density at radius 2 is 2.31 bits per heavy atom. The molecule has 2 heterocycles. The molecular weight excluding hydrogens is 208 g/mol. The average molecular weight is 218 g/mol. The fourth-order valence-electron chi connectivity index (χ4n) is 1.26. The highest BCUT2D eigenvalue weighted by molar-refractivity contribution is 5.75. The van der Waals surface area contributed by atoms with Crippen molar-refractivity contribution in [1.29, 1.82) is 0 Å². The Bertz CT molecular complexity index is 478. The first-order valence-corrected chi connectivity index (χ1v) is 4.72. The fraction of sp³-hybridized carbons (Fsp3) is 0.200. The molecule has 0 aliphatic heterocycles. The lowest BCUT2D eigenvalue weighted by atomic mass is 10.0. The molecule has 0 spiro atoms. The van der Waals surface area contributed by atoms with E-state index in [0.29, 0.717) is 11.4 Å². The molecule has 0 fully saturated rings. The fourth-order valence-corrected chi connectivity index (χ4v) is 1.26. The lowest BCUT2D eigenvalue weighted by molar-refractivity contribution is -0.138. The Kier molecular flexibility index (Phi) is 2.63. The summed E-state index contributed by atoms with van der Waals surface area (Å²) in [6.07, 6.45) is 4.48. The summed E-state index contributed by atoms with van der Waals surface area (Å²) in [7, 11) is 0. The van der Waals surface area contributed by atoms with Crippen molar-refractivity contribution in [3.63, 3.8) is 0 Å². The van der Waals surface area contributed by atoms with Crippen LogP contribution in [0.3, 0.4) is 0 Å². The summed E-state index contributed by atoms with van der Waals surface area (Å²) in [5, 5.41) is 12.8. The predicted molar refractivity (Wildman–Crippen MR) is 55.2 cm³/mol. The SMILES string of the molecule is CC(C(=O)O)c1ccc(-n2cncn2)nc1. The molecule has 0 saturated heterocycles.